The van der Waals surface area contributed by atoms with E-state index in [0.29, 0.717) is 0 Å². The summed E-state index contributed by atoms with van der Waals surface area (Å²) in [4.78, 5) is 1.36. The highest BCUT2D eigenvalue weighted by molar-refractivity contribution is 7.97. The van der Waals surface area contributed by atoms with Crippen LogP contribution in [0.25, 0.3) is 0 Å². The lowest BCUT2D eigenvalue weighted by Crippen LogP contribution is -2.26. The third kappa shape index (κ3) is 3.65. The molecule has 1 aliphatic heterocycles. The van der Waals surface area contributed by atoms with Crippen LogP contribution >= 0.6 is 11.9 Å². The number of methoxy groups -OCH3 is 1. The molecule has 2 aliphatic rings. The Morgan fingerprint density at radius 2 is 2.26 bits per heavy atom. The zero-order valence-corrected chi connectivity index (χ0v) is 15.1. The van der Waals surface area contributed by atoms with Crippen LogP contribution in [0.4, 0.5) is 0 Å². The Hall–Kier alpha value is -1.23. The van der Waals surface area contributed by atoms with Crippen LogP contribution in [0, 0.1) is 6.92 Å². The number of ether oxygens (including phenoxy) is 1. The summed E-state index contributed by atoms with van der Waals surface area (Å²) >= 11 is 1.86. The smallest absolute Gasteiger partial charge is 0.0605 e. The van der Waals surface area contributed by atoms with E-state index in [-0.39, 0.29) is 6.04 Å². The molecule has 4 heteroatoms. The molecular formula is C19H26N2OS. The van der Waals surface area contributed by atoms with E-state index in [1.165, 1.54) is 27.3 Å². The predicted octanol–water partition coefficient (Wildman–Crippen LogP) is 4.22. The molecule has 1 atom stereocenters. The molecule has 0 spiro atoms. The maximum Gasteiger partial charge on any atom is 0.0605 e. The van der Waals surface area contributed by atoms with Crippen LogP contribution in [0.5, 0.6) is 0 Å². The van der Waals surface area contributed by atoms with E-state index in [1.54, 1.807) is 7.11 Å². The first-order chi connectivity index (χ1) is 11.2. The van der Waals surface area contributed by atoms with E-state index in [9.17, 15) is 0 Å². The first kappa shape index (κ1) is 16.6. The molecule has 0 aromatic heterocycles. The van der Waals surface area contributed by atoms with Crippen LogP contribution < -0.4 is 5.32 Å². The van der Waals surface area contributed by atoms with E-state index in [4.69, 9.17) is 4.74 Å². The minimum atomic E-state index is 0.270. The van der Waals surface area contributed by atoms with Gasteiger partial charge in [-0.25, -0.2) is 0 Å². The zero-order chi connectivity index (χ0) is 16.2. The van der Waals surface area contributed by atoms with Crippen molar-refractivity contribution in [1.29, 1.82) is 0 Å². The molecule has 0 amide bonds. The summed E-state index contributed by atoms with van der Waals surface area (Å²) in [5.41, 5.74) is 5.58. The van der Waals surface area contributed by atoms with Gasteiger partial charge in [-0.15, -0.1) is 0 Å². The van der Waals surface area contributed by atoms with Gasteiger partial charge in [0.05, 0.1) is 6.04 Å². The third-order valence-corrected chi connectivity index (χ3v) is 5.50. The zero-order valence-electron chi connectivity index (χ0n) is 14.3. The SMILES string of the molecule is COCCCNC1C2=C(CCC=C2)N(C)Sc2cc(C)ccc21. The number of hydrogen-bond donors (Lipinski definition) is 1. The molecule has 0 saturated heterocycles. The van der Waals surface area contributed by atoms with Gasteiger partial charge in [0.2, 0.25) is 0 Å². The molecule has 1 N–H and O–H groups in total. The number of nitrogens with zero attached hydrogens (tertiary/aromatic N) is 1. The highest BCUT2D eigenvalue weighted by atomic mass is 32.2. The van der Waals surface area contributed by atoms with Gasteiger partial charge in [-0.05, 0) is 67.4 Å². The lowest BCUT2D eigenvalue weighted by atomic mass is 9.91. The average Bonchev–Trinajstić information content (AvgIpc) is 2.66. The number of allylic oxidation sites excluding steroid dienone is 2. The second-order valence-electron chi connectivity index (χ2n) is 6.21. The monoisotopic (exact) mass is 330 g/mol. The van der Waals surface area contributed by atoms with E-state index < -0.39 is 0 Å². The summed E-state index contributed by atoms with van der Waals surface area (Å²) in [7, 11) is 3.96. The molecular weight excluding hydrogens is 304 g/mol. The van der Waals surface area contributed by atoms with Gasteiger partial charge in [-0.2, -0.15) is 0 Å². The summed E-state index contributed by atoms with van der Waals surface area (Å²) < 4.78 is 7.54. The summed E-state index contributed by atoms with van der Waals surface area (Å²) in [6.07, 6.45) is 7.91. The molecule has 1 aromatic carbocycles. The maximum atomic E-state index is 5.19. The van der Waals surface area contributed by atoms with Gasteiger partial charge in [-0.3, -0.25) is 0 Å². The van der Waals surface area contributed by atoms with Crippen molar-refractivity contribution in [2.45, 2.75) is 37.1 Å². The van der Waals surface area contributed by atoms with Crippen LogP contribution in [-0.2, 0) is 4.74 Å². The Kier molecular flexibility index (Phi) is 5.46. The molecule has 23 heavy (non-hydrogen) atoms. The quantitative estimate of drug-likeness (QED) is 0.645. The summed E-state index contributed by atoms with van der Waals surface area (Å²) in [5.74, 6) is 0. The highest BCUT2D eigenvalue weighted by Gasteiger charge is 2.28. The first-order valence-electron chi connectivity index (χ1n) is 8.35. The van der Waals surface area contributed by atoms with Crippen molar-refractivity contribution in [3.8, 4) is 0 Å². The Morgan fingerprint density at radius 3 is 3.09 bits per heavy atom. The summed E-state index contributed by atoms with van der Waals surface area (Å²) in [6, 6.07) is 7.09. The molecule has 0 radical (unpaired) electrons. The molecule has 0 bridgehead atoms. The lowest BCUT2D eigenvalue weighted by molar-refractivity contribution is 0.193. The van der Waals surface area contributed by atoms with Crippen molar-refractivity contribution >= 4 is 11.9 Å². The highest BCUT2D eigenvalue weighted by Crippen LogP contribution is 2.43. The number of fused-ring (bicyclic) bond motifs is 1. The molecule has 1 aliphatic carbocycles. The fraction of sp³-hybridized carbons (Fsp3) is 0.474. The van der Waals surface area contributed by atoms with Gasteiger partial charge in [0, 0.05) is 31.4 Å². The van der Waals surface area contributed by atoms with Crippen LogP contribution in [0.2, 0.25) is 0 Å². The molecule has 3 nitrogen and oxygen atoms in total. The molecule has 1 heterocycles. The Morgan fingerprint density at radius 1 is 1.39 bits per heavy atom. The van der Waals surface area contributed by atoms with Gasteiger partial charge < -0.3 is 14.4 Å². The summed E-state index contributed by atoms with van der Waals surface area (Å²) in [6.45, 7) is 3.93. The fourth-order valence-electron chi connectivity index (χ4n) is 3.29. The van der Waals surface area contributed by atoms with Crippen LogP contribution in [0.3, 0.4) is 0 Å². The largest absolute Gasteiger partial charge is 0.385 e. The number of benzene rings is 1. The Balaban J connectivity index is 1.95. The fourth-order valence-corrected chi connectivity index (χ4v) is 4.42. The van der Waals surface area contributed by atoms with Crippen molar-refractivity contribution < 1.29 is 4.74 Å². The average molecular weight is 330 g/mol. The van der Waals surface area contributed by atoms with Crippen molar-refractivity contribution in [1.82, 2.24) is 9.62 Å². The molecule has 0 saturated carbocycles. The molecule has 1 unspecified atom stereocenters. The minimum absolute atomic E-state index is 0.270. The van der Waals surface area contributed by atoms with E-state index in [0.717, 1.165) is 32.4 Å². The Bertz CT molecular complexity index is 624. The molecule has 1 aromatic rings. The van der Waals surface area contributed by atoms with Crippen molar-refractivity contribution in [3.05, 3.63) is 52.7 Å². The normalized spacial score (nSPS) is 20.3. The minimum Gasteiger partial charge on any atom is -0.385 e. The van der Waals surface area contributed by atoms with Gasteiger partial charge in [0.25, 0.3) is 0 Å². The second-order valence-corrected chi connectivity index (χ2v) is 7.38. The first-order valence-corrected chi connectivity index (χ1v) is 9.12. The van der Waals surface area contributed by atoms with Crippen LogP contribution in [0.15, 0.2) is 46.5 Å². The van der Waals surface area contributed by atoms with E-state index in [2.05, 4.69) is 53.9 Å². The predicted molar refractivity (Wildman–Crippen MR) is 97.4 cm³/mol. The number of hydrogen-bond acceptors (Lipinski definition) is 4. The molecule has 0 fully saturated rings. The van der Waals surface area contributed by atoms with Gasteiger partial charge in [0.15, 0.2) is 0 Å². The van der Waals surface area contributed by atoms with Gasteiger partial charge in [0.1, 0.15) is 0 Å². The van der Waals surface area contributed by atoms with Crippen molar-refractivity contribution in [3.63, 3.8) is 0 Å². The van der Waals surface area contributed by atoms with Gasteiger partial charge >= 0.3 is 0 Å². The standard InChI is InChI=1S/C19H26N2OS/c1-14-9-10-16-18(13-14)23-21(2)17-8-5-4-7-15(17)19(16)20-11-6-12-22-3/h4,7,9-10,13,19-20H,5-6,8,11-12H2,1-3H3. The van der Waals surface area contributed by atoms with Gasteiger partial charge in [-0.1, -0.05) is 24.3 Å². The van der Waals surface area contributed by atoms with Crippen LogP contribution in [-0.4, -0.2) is 31.6 Å². The van der Waals surface area contributed by atoms with E-state index in [1.807, 2.05) is 11.9 Å². The topological polar surface area (TPSA) is 24.5 Å². The second kappa shape index (κ2) is 7.56. The van der Waals surface area contributed by atoms with E-state index >= 15 is 0 Å². The maximum absolute atomic E-state index is 5.19. The van der Waals surface area contributed by atoms with Crippen molar-refractivity contribution in [2.24, 2.45) is 0 Å². The van der Waals surface area contributed by atoms with Crippen molar-refractivity contribution in [2.75, 3.05) is 27.3 Å². The Labute approximate surface area is 143 Å². The number of nitrogens with one attached hydrogen (secondary N) is 1. The number of rotatable bonds is 5. The molecule has 3 rings (SSSR count). The summed E-state index contributed by atoms with van der Waals surface area (Å²) in [5, 5.41) is 3.76. The third-order valence-electron chi connectivity index (χ3n) is 4.46. The lowest BCUT2D eigenvalue weighted by Gasteiger charge is -2.26. The number of aryl methyl sites for hydroxylation is 1. The van der Waals surface area contributed by atoms with Crippen LogP contribution in [0.1, 0.15) is 36.4 Å². The molecule has 124 valence electrons.